The molecule has 50 heavy (non-hydrogen) atoms. The van der Waals surface area contributed by atoms with Crippen LogP contribution in [0.1, 0.15) is 0 Å². The van der Waals surface area contributed by atoms with Gasteiger partial charge in [0.1, 0.15) is 12.7 Å². The Morgan fingerprint density at radius 2 is 0.680 bits per heavy atom. The molecule has 0 aliphatic heterocycles. The number of fused-ring (bicyclic) bond motifs is 6. The highest BCUT2D eigenvalue weighted by atomic mass is 15.0. The normalized spacial score (nSPS) is 12.0. The fraction of sp³-hybridized carbons (Fsp3) is 0. The second kappa shape index (κ2) is 10.4. The Morgan fingerprint density at radius 3 is 1.18 bits per heavy atom. The minimum Gasteiger partial charge on any atom is -0.225 e. The van der Waals surface area contributed by atoms with Crippen LogP contribution in [0.4, 0.5) is 0 Å². The molecule has 2 aliphatic rings. The van der Waals surface area contributed by atoms with Crippen molar-refractivity contribution >= 4 is 21.5 Å². The lowest BCUT2D eigenvalue weighted by molar-refractivity contribution is 1.06. The second-order valence-electron chi connectivity index (χ2n) is 13.2. The van der Waals surface area contributed by atoms with Gasteiger partial charge in [-0.3, -0.25) is 0 Å². The molecule has 0 fully saturated rings. The molecule has 230 valence electrons. The molecule has 1 aromatic heterocycles. The molecule has 0 unspecified atom stereocenters. The first-order valence-electron chi connectivity index (χ1n) is 17.0. The maximum Gasteiger partial charge on any atom is 0.162 e. The van der Waals surface area contributed by atoms with Crippen LogP contribution in [0, 0.1) is 0 Å². The highest BCUT2D eigenvalue weighted by Gasteiger charge is 2.24. The smallest absolute Gasteiger partial charge is 0.162 e. The van der Waals surface area contributed by atoms with Gasteiger partial charge < -0.3 is 0 Å². The van der Waals surface area contributed by atoms with E-state index in [1.54, 1.807) is 12.7 Å². The van der Waals surface area contributed by atoms with E-state index in [0.29, 0.717) is 5.82 Å². The van der Waals surface area contributed by atoms with E-state index in [2.05, 4.69) is 167 Å². The van der Waals surface area contributed by atoms with Gasteiger partial charge in [0.15, 0.2) is 5.82 Å². The fourth-order valence-corrected chi connectivity index (χ4v) is 8.43. The third kappa shape index (κ3) is 3.89. The summed E-state index contributed by atoms with van der Waals surface area (Å²) in [6.45, 7) is 0. The van der Waals surface area contributed by atoms with Gasteiger partial charge in [0.25, 0.3) is 0 Å². The van der Waals surface area contributed by atoms with Crippen molar-refractivity contribution < 1.29 is 0 Å². The lowest BCUT2D eigenvalue weighted by Crippen LogP contribution is -1.91. The third-order valence-electron chi connectivity index (χ3n) is 10.6. The maximum atomic E-state index is 4.36. The fourth-order valence-electron chi connectivity index (χ4n) is 8.43. The van der Waals surface area contributed by atoms with Gasteiger partial charge in [-0.05, 0) is 118 Å². The maximum absolute atomic E-state index is 4.36. The van der Waals surface area contributed by atoms with E-state index in [0.717, 1.165) is 16.7 Å². The van der Waals surface area contributed by atoms with Gasteiger partial charge in [-0.15, -0.1) is 0 Å². The molecule has 0 bridgehead atoms. The molecule has 2 aliphatic carbocycles. The zero-order chi connectivity index (χ0) is 32.8. The number of benzene rings is 8. The van der Waals surface area contributed by atoms with E-state index in [9.17, 15) is 0 Å². The molecule has 3 heteroatoms. The Balaban J connectivity index is 1.14. The van der Waals surface area contributed by atoms with E-state index in [1.165, 1.54) is 88.3 Å². The van der Waals surface area contributed by atoms with Crippen LogP contribution in [0.3, 0.4) is 0 Å². The molecule has 3 nitrogen and oxygen atoms in total. The first-order valence-corrected chi connectivity index (χ1v) is 17.0. The van der Waals surface area contributed by atoms with Gasteiger partial charge in [0, 0.05) is 5.56 Å². The Bertz CT molecular complexity index is 2640. The number of rotatable bonds is 4. The topological polar surface area (TPSA) is 38.7 Å². The molecule has 0 radical (unpaired) electrons. The lowest BCUT2D eigenvalue weighted by atomic mass is 9.88. The highest BCUT2D eigenvalue weighted by molar-refractivity contribution is 6.20. The van der Waals surface area contributed by atoms with Crippen LogP contribution in [0.5, 0.6) is 0 Å². The van der Waals surface area contributed by atoms with Crippen molar-refractivity contribution in [2.75, 3.05) is 0 Å². The molecule has 0 amide bonds. The Labute approximate surface area is 289 Å². The highest BCUT2D eigenvalue weighted by Crippen LogP contribution is 2.51. The van der Waals surface area contributed by atoms with Crippen molar-refractivity contribution in [3.63, 3.8) is 0 Å². The van der Waals surface area contributed by atoms with Crippen molar-refractivity contribution in [3.8, 4) is 89.3 Å². The zero-order valence-corrected chi connectivity index (χ0v) is 26.9. The van der Waals surface area contributed by atoms with Gasteiger partial charge in [0.2, 0.25) is 0 Å². The first-order chi connectivity index (χ1) is 24.8. The van der Waals surface area contributed by atoms with Crippen LogP contribution in [0.15, 0.2) is 164 Å². The summed E-state index contributed by atoms with van der Waals surface area (Å²) in [7, 11) is 0. The van der Waals surface area contributed by atoms with E-state index < -0.39 is 0 Å². The summed E-state index contributed by atoms with van der Waals surface area (Å²) >= 11 is 0. The van der Waals surface area contributed by atoms with Gasteiger partial charge in [-0.25, -0.2) is 15.0 Å². The van der Waals surface area contributed by atoms with Crippen molar-refractivity contribution in [2.45, 2.75) is 0 Å². The average Bonchev–Trinajstić information content (AvgIpc) is 3.70. The van der Waals surface area contributed by atoms with Crippen LogP contribution in [-0.2, 0) is 0 Å². The molecule has 0 atom stereocenters. The Hall–Kier alpha value is -6.71. The molecule has 0 spiro atoms. The van der Waals surface area contributed by atoms with Gasteiger partial charge in [-0.2, -0.15) is 0 Å². The molecule has 8 aromatic carbocycles. The van der Waals surface area contributed by atoms with Crippen molar-refractivity contribution in [3.05, 3.63) is 164 Å². The minimum absolute atomic E-state index is 0.670. The summed E-state index contributed by atoms with van der Waals surface area (Å²) < 4.78 is 0. The number of hydrogen-bond donors (Lipinski definition) is 0. The molecule has 0 saturated heterocycles. The monoisotopic (exact) mass is 633 g/mol. The molecule has 9 aromatic rings. The number of aromatic nitrogens is 3. The predicted molar refractivity (Wildman–Crippen MR) is 205 cm³/mol. The van der Waals surface area contributed by atoms with Crippen LogP contribution < -0.4 is 0 Å². The summed E-state index contributed by atoms with van der Waals surface area (Å²) in [4.78, 5) is 12.7. The van der Waals surface area contributed by atoms with Crippen molar-refractivity contribution in [1.82, 2.24) is 15.0 Å². The predicted octanol–water partition coefficient (Wildman–Crippen LogP) is 12.1. The molecular formula is C47H27N3. The van der Waals surface area contributed by atoms with E-state index in [-0.39, 0.29) is 0 Å². The van der Waals surface area contributed by atoms with Crippen LogP contribution >= 0.6 is 0 Å². The largest absolute Gasteiger partial charge is 0.225 e. The molecule has 11 rings (SSSR count). The van der Waals surface area contributed by atoms with Crippen LogP contribution in [0.25, 0.3) is 111 Å². The minimum atomic E-state index is 0.670. The summed E-state index contributed by atoms with van der Waals surface area (Å²) in [5.41, 5.74) is 18.6. The number of nitrogens with zero attached hydrogens (tertiary/aromatic N) is 3. The van der Waals surface area contributed by atoms with Crippen LogP contribution in [-0.4, -0.2) is 15.0 Å². The summed E-state index contributed by atoms with van der Waals surface area (Å²) in [5, 5.41) is 5.23. The van der Waals surface area contributed by atoms with E-state index >= 15 is 0 Å². The molecular weight excluding hydrogens is 607 g/mol. The quantitative estimate of drug-likeness (QED) is 0.194. The SMILES string of the molecule is c1ccc2c(c1)-c1cccc3c(-c4cc(-c5ccc(-c6ncncn6)cc5)cc(-c5ccc6c7c(cccc57)-c5ccccc5-6)c4)ccc-2c13. The average molecular weight is 634 g/mol. The van der Waals surface area contributed by atoms with Gasteiger partial charge in [-0.1, -0.05) is 133 Å². The van der Waals surface area contributed by atoms with Crippen molar-refractivity contribution in [1.29, 1.82) is 0 Å². The van der Waals surface area contributed by atoms with Gasteiger partial charge >= 0.3 is 0 Å². The van der Waals surface area contributed by atoms with E-state index in [4.69, 9.17) is 0 Å². The number of hydrogen-bond acceptors (Lipinski definition) is 3. The third-order valence-corrected chi connectivity index (χ3v) is 10.6. The zero-order valence-electron chi connectivity index (χ0n) is 26.9. The van der Waals surface area contributed by atoms with Crippen molar-refractivity contribution in [2.24, 2.45) is 0 Å². The molecule has 0 saturated carbocycles. The van der Waals surface area contributed by atoms with Crippen LogP contribution in [0.2, 0.25) is 0 Å². The van der Waals surface area contributed by atoms with E-state index in [1.807, 2.05) is 0 Å². The first kappa shape index (κ1) is 27.3. The summed E-state index contributed by atoms with van der Waals surface area (Å²) in [5.74, 6) is 0.670. The molecule has 1 heterocycles. The standard InChI is InChI=1S/C47H27N3/c1-3-9-37-35(7-1)41-13-5-11-39-33(19-21-43(37)45(39)41)31-23-30(28-15-17-29(18-16-28)47-49-26-48-27-50-47)24-32(25-31)34-20-22-44-38-10-4-2-8-36(38)42-14-6-12-40(34)46(42)44/h1-27H. The Kier molecular flexibility index (Phi) is 5.67. The summed E-state index contributed by atoms with van der Waals surface area (Å²) in [6.07, 6.45) is 3.08. The Morgan fingerprint density at radius 1 is 0.280 bits per heavy atom. The van der Waals surface area contributed by atoms with Gasteiger partial charge in [0.05, 0.1) is 0 Å². The molecule has 0 N–H and O–H groups in total. The lowest BCUT2D eigenvalue weighted by Gasteiger charge is -2.16. The summed E-state index contributed by atoms with van der Waals surface area (Å²) in [6, 6.07) is 56.0. The second-order valence-corrected chi connectivity index (χ2v) is 13.2.